The molecule has 26 heavy (non-hydrogen) atoms. The molecule has 0 aliphatic carbocycles. The van der Waals surface area contributed by atoms with Crippen LogP contribution in [0.1, 0.15) is 46.7 Å². The maximum Gasteiger partial charge on any atom is 0.253 e. The highest BCUT2D eigenvalue weighted by atomic mass is 16.2. The normalized spacial score (nSPS) is 21.7. The van der Waals surface area contributed by atoms with Crippen molar-refractivity contribution in [3.05, 3.63) is 65.5 Å². The van der Waals surface area contributed by atoms with Crippen molar-refractivity contribution in [2.24, 2.45) is 0 Å². The molecule has 1 aromatic heterocycles. The van der Waals surface area contributed by atoms with Gasteiger partial charge in [0.15, 0.2) is 0 Å². The third kappa shape index (κ3) is 2.98. The minimum absolute atomic E-state index is 0.0772. The highest BCUT2D eigenvalue weighted by molar-refractivity contribution is 5.94. The van der Waals surface area contributed by atoms with Crippen molar-refractivity contribution < 1.29 is 9.59 Å². The molecule has 2 aromatic rings. The van der Waals surface area contributed by atoms with Crippen molar-refractivity contribution in [3.8, 4) is 0 Å². The fourth-order valence-corrected chi connectivity index (χ4v) is 4.37. The van der Waals surface area contributed by atoms with Gasteiger partial charge in [0.25, 0.3) is 5.91 Å². The molecule has 5 nitrogen and oxygen atoms in total. The molecular weight excluding hydrogens is 326 g/mol. The van der Waals surface area contributed by atoms with E-state index in [1.165, 1.54) is 0 Å². The van der Waals surface area contributed by atoms with Crippen molar-refractivity contribution >= 4 is 11.8 Å². The first kappa shape index (κ1) is 16.8. The van der Waals surface area contributed by atoms with Crippen LogP contribution in [-0.4, -0.2) is 40.3 Å². The minimum Gasteiger partial charge on any atom is -0.350 e. The number of piperidine rings is 1. The lowest BCUT2D eigenvalue weighted by atomic mass is 9.74. The number of rotatable bonds is 2. The number of pyridine rings is 1. The molecule has 2 amide bonds. The number of aromatic nitrogens is 1. The van der Waals surface area contributed by atoms with Crippen LogP contribution in [0.4, 0.5) is 0 Å². The average molecular weight is 349 g/mol. The van der Waals surface area contributed by atoms with Crippen LogP contribution in [0, 0.1) is 6.92 Å². The van der Waals surface area contributed by atoms with Crippen molar-refractivity contribution in [2.75, 3.05) is 13.1 Å². The van der Waals surface area contributed by atoms with Gasteiger partial charge in [0.1, 0.15) is 0 Å². The fourth-order valence-electron chi connectivity index (χ4n) is 4.37. The third-order valence-corrected chi connectivity index (χ3v) is 5.76. The number of likely N-dealkylation sites (tertiary alicyclic amines) is 1. The van der Waals surface area contributed by atoms with E-state index in [4.69, 9.17) is 0 Å². The lowest BCUT2D eigenvalue weighted by Gasteiger charge is -2.43. The molecule has 1 unspecified atom stereocenters. The Labute approximate surface area is 153 Å². The predicted molar refractivity (Wildman–Crippen MR) is 98.8 cm³/mol. The van der Waals surface area contributed by atoms with E-state index in [1.807, 2.05) is 48.2 Å². The van der Waals surface area contributed by atoms with E-state index in [1.54, 1.807) is 12.4 Å². The van der Waals surface area contributed by atoms with E-state index in [2.05, 4.69) is 10.3 Å². The monoisotopic (exact) mass is 349 g/mol. The molecular formula is C21H23N3O2. The van der Waals surface area contributed by atoms with Crippen molar-refractivity contribution in [1.82, 2.24) is 15.2 Å². The zero-order valence-electron chi connectivity index (χ0n) is 14.9. The smallest absolute Gasteiger partial charge is 0.253 e. The summed E-state index contributed by atoms with van der Waals surface area (Å²) in [5, 5.41) is 3.23. The molecule has 2 saturated heterocycles. The number of benzene rings is 1. The summed E-state index contributed by atoms with van der Waals surface area (Å²) in [5.74, 6) is 0.327. The molecule has 3 heterocycles. The van der Waals surface area contributed by atoms with Crippen LogP contribution in [0.5, 0.6) is 0 Å². The summed E-state index contributed by atoms with van der Waals surface area (Å²) in [7, 11) is 0. The molecule has 2 aliphatic rings. The van der Waals surface area contributed by atoms with E-state index in [-0.39, 0.29) is 23.3 Å². The van der Waals surface area contributed by atoms with Gasteiger partial charge in [0.2, 0.25) is 5.91 Å². The van der Waals surface area contributed by atoms with Crippen molar-refractivity contribution in [3.63, 3.8) is 0 Å². The molecule has 0 radical (unpaired) electrons. The number of carbonyl (C=O) groups excluding carboxylic acids is 2. The first-order valence-corrected chi connectivity index (χ1v) is 9.14. The minimum atomic E-state index is -0.248. The SMILES string of the molecule is Cc1cccc(C(=O)N2CCC3(CC2)NC(=O)CC3c2ccncc2)c1. The van der Waals surface area contributed by atoms with E-state index in [9.17, 15) is 9.59 Å². The lowest BCUT2D eigenvalue weighted by Crippen LogP contribution is -2.54. The molecule has 1 atom stereocenters. The molecule has 2 aliphatic heterocycles. The number of amides is 2. The summed E-state index contributed by atoms with van der Waals surface area (Å²) in [4.78, 5) is 31.0. The van der Waals surface area contributed by atoms with Crippen LogP contribution in [0.15, 0.2) is 48.8 Å². The summed E-state index contributed by atoms with van der Waals surface area (Å²) in [6.45, 7) is 3.32. The Morgan fingerprint density at radius 2 is 1.92 bits per heavy atom. The van der Waals surface area contributed by atoms with Crippen LogP contribution < -0.4 is 5.32 Å². The number of hydrogen-bond acceptors (Lipinski definition) is 3. The molecule has 1 spiro atoms. The maximum absolute atomic E-state index is 12.8. The van der Waals surface area contributed by atoms with Gasteiger partial charge in [-0.2, -0.15) is 0 Å². The summed E-state index contributed by atoms with van der Waals surface area (Å²) < 4.78 is 0. The lowest BCUT2D eigenvalue weighted by molar-refractivity contribution is -0.120. The van der Waals surface area contributed by atoms with E-state index >= 15 is 0 Å². The Morgan fingerprint density at radius 1 is 1.19 bits per heavy atom. The van der Waals surface area contributed by atoms with Crippen LogP contribution in [-0.2, 0) is 4.79 Å². The highest BCUT2D eigenvalue weighted by Gasteiger charge is 2.49. The second-order valence-electron chi connectivity index (χ2n) is 7.40. The van der Waals surface area contributed by atoms with E-state index < -0.39 is 0 Å². The topological polar surface area (TPSA) is 62.3 Å². The van der Waals surface area contributed by atoms with Gasteiger partial charge in [-0.3, -0.25) is 14.6 Å². The van der Waals surface area contributed by atoms with Crippen molar-refractivity contribution in [2.45, 2.75) is 37.6 Å². The third-order valence-electron chi connectivity index (χ3n) is 5.76. The van der Waals surface area contributed by atoms with Gasteiger partial charge in [-0.05, 0) is 49.6 Å². The number of carbonyl (C=O) groups is 2. The number of nitrogens with one attached hydrogen (secondary N) is 1. The second kappa shape index (κ2) is 6.56. The summed E-state index contributed by atoms with van der Waals surface area (Å²) >= 11 is 0. The molecule has 0 bridgehead atoms. The summed E-state index contributed by atoms with van der Waals surface area (Å²) in [5.41, 5.74) is 2.73. The van der Waals surface area contributed by atoms with Crippen LogP contribution in [0.2, 0.25) is 0 Å². The van der Waals surface area contributed by atoms with Crippen molar-refractivity contribution in [1.29, 1.82) is 0 Å². The first-order valence-electron chi connectivity index (χ1n) is 9.14. The molecule has 4 rings (SSSR count). The standard InChI is InChI=1S/C21H23N3O2/c1-15-3-2-4-17(13-15)20(26)24-11-7-21(8-12-24)18(14-19(25)23-21)16-5-9-22-10-6-16/h2-6,9-10,13,18H,7-8,11-12,14H2,1H3,(H,23,25). The highest BCUT2D eigenvalue weighted by Crippen LogP contribution is 2.43. The summed E-state index contributed by atoms with van der Waals surface area (Å²) in [6.07, 6.45) is 5.63. The number of nitrogens with zero attached hydrogens (tertiary/aromatic N) is 2. The van der Waals surface area contributed by atoms with Gasteiger partial charge in [-0.1, -0.05) is 17.7 Å². The second-order valence-corrected chi connectivity index (χ2v) is 7.40. The molecule has 0 saturated carbocycles. The molecule has 5 heteroatoms. The Morgan fingerprint density at radius 3 is 2.62 bits per heavy atom. The Kier molecular flexibility index (Phi) is 4.23. The van der Waals surface area contributed by atoms with Crippen LogP contribution >= 0.6 is 0 Å². The zero-order valence-corrected chi connectivity index (χ0v) is 14.9. The number of aryl methyl sites for hydroxylation is 1. The van der Waals surface area contributed by atoms with Gasteiger partial charge in [0, 0.05) is 43.4 Å². The van der Waals surface area contributed by atoms with E-state index in [0.717, 1.165) is 29.5 Å². The molecule has 1 aromatic carbocycles. The predicted octanol–water partition coefficient (Wildman–Crippen LogP) is 2.67. The molecule has 2 fully saturated rings. The van der Waals surface area contributed by atoms with Gasteiger partial charge < -0.3 is 10.2 Å². The van der Waals surface area contributed by atoms with Crippen LogP contribution in [0.25, 0.3) is 0 Å². The largest absolute Gasteiger partial charge is 0.350 e. The number of hydrogen-bond donors (Lipinski definition) is 1. The first-order chi connectivity index (χ1) is 12.6. The Balaban J connectivity index is 1.51. The van der Waals surface area contributed by atoms with Gasteiger partial charge in [0.05, 0.1) is 5.54 Å². The Hall–Kier alpha value is -2.69. The van der Waals surface area contributed by atoms with E-state index in [0.29, 0.717) is 19.5 Å². The molecule has 1 N–H and O–H groups in total. The van der Waals surface area contributed by atoms with Gasteiger partial charge in [-0.25, -0.2) is 0 Å². The van der Waals surface area contributed by atoms with Crippen LogP contribution in [0.3, 0.4) is 0 Å². The quantitative estimate of drug-likeness (QED) is 0.907. The zero-order chi connectivity index (χ0) is 18.1. The summed E-state index contributed by atoms with van der Waals surface area (Å²) in [6, 6.07) is 11.7. The fraction of sp³-hybridized carbons (Fsp3) is 0.381. The average Bonchev–Trinajstić information content (AvgIpc) is 2.98. The Bertz CT molecular complexity index is 826. The van der Waals surface area contributed by atoms with Gasteiger partial charge >= 0.3 is 0 Å². The molecule has 134 valence electrons. The van der Waals surface area contributed by atoms with Gasteiger partial charge in [-0.15, -0.1) is 0 Å². The maximum atomic E-state index is 12.8.